The Labute approximate surface area is 113 Å². The first kappa shape index (κ1) is 13.4. The minimum atomic E-state index is -0.468. The van der Waals surface area contributed by atoms with Gasteiger partial charge < -0.3 is 10.1 Å². The first-order valence-corrected chi connectivity index (χ1v) is 6.34. The average molecular weight is 257 g/mol. The van der Waals surface area contributed by atoms with Crippen molar-refractivity contribution in [3.63, 3.8) is 0 Å². The second-order valence-corrected chi connectivity index (χ2v) is 5.53. The first-order chi connectivity index (χ1) is 8.89. The van der Waals surface area contributed by atoms with Crippen LogP contribution in [0.15, 0.2) is 36.4 Å². The summed E-state index contributed by atoms with van der Waals surface area (Å²) in [7, 11) is 1.88. The molecule has 3 nitrogen and oxygen atoms in total. The Balaban J connectivity index is 2.33. The smallest absolute Gasteiger partial charge is 0.338 e. The van der Waals surface area contributed by atoms with E-state index in [9.17, 15) is 4.79 Å². The van der Waals surface area contributed by atoms with Crippen LogP contribution in [0.5, 0.6) is 0 Å². The van der Waals surface area contributed by atoms with E-state index < -0.39 is 5.60 Å². The van der Waals surface area contributed by atoms with Gasteiger partial charge in [0.15, 0.2) is 0 Å². The van der Waals surface area contributed by atoms with Crippen molar-refractivity contribution < 1.29 is 9.53 Å². The molecule has 3 heteroatoms. The van der Waals surface area contributed by atoms with Gasteiger partial charge in [0.2, 0.25) is 0 Å². The zero-order valence-electron chi connectivity index (χ0n) is 11.8. The number of hydrogen-bond donors (Lipinski definition) is 1. The van der Waals surface area contributed by atoms with Crippen LogP contribution in [-0.4, -0.2) is 18.6 Å². The van der Waals surface area contributed by atoms with Crippen molar-refractivity contribution in [2.45, 2.75) is 26.4 Å². The van der Waals surface area contributed by atoms with Crippen LogP contribution in [-0.2, 0) is 4.74 Å². The minimum absolute atomic E-state index is 0.278. The summed E-state index contributed by atoms with van der Waals surface area (Å²) in [6, 6.07) is 11.7. The first-order valence-electron chi connectivity index (χ1n) is 6.34. The van der Waals surface area contributed by atoms with Crippen LogP contribution >= 0.6 is 0 Å². The van der Waals surface area contributed by atoms with Gasteiger partial charge in [-0.05, 0) is 56.2 Å². The predicted octanol–water partition coefficient (Wildman–Crippen LogP) is 3.79. The topological polar surface area (TPSA) is 38.3 Å². The fraction of sp³-hybridized carbons (Fsp3) is 0.312. The second kappa shape index (κ2) is 4.92. The number of ether oxygens (including phenoxy) is 1. The molecule has 2 rings (SSSR count). The van der Waals surface area contributed by atoms with Gasteiger partial charge in [0.25, 0.3) is 0 Å². The molecule has 0 aliphatic heterocycles. The fourth-order valence-corrected chi connectivity index (χ4v) is 1.87. The monoisotopic (exact) mass is 257 g/mol. The molecule has 0 heterocycles. The molecule has 19 heavy (non-hydrogen) atoms. The van der Waals surface area contributed by atoms with Crippen molar-refractivity contribution in [3.8, 4) is 11.1 Å². The van der Waals surface area contributed by atoms with Crippen molar-refractivity contribution in [3.05, 3.63) is 42.0 Å². The summed E-state index contributed by atoms with van der Waals surface area (Å²) in [5.41, 5.74) is 3.23. The molecule has 2 aliphatic carbocycles. The molecular weight excluding hydrogens is 238 g/mol. The van der Waals surface area contributed by atoms with E-state index in [1.165, 1.54) is 0 Å². The van der Waals surface area contributed by atoms with Crippen LogP contribution in [0.25, 0.3) is 11.1 Å². The summed E-state index contributed by atoms with van der Waals surface area (Å²) in [6.45, 7) is 5.60. The van der Waals surface area contributed by atoms with Gasteiger partial charge in [0.1, 0.15) is 5.60 Å². The second-order valence-electron chi connectivity index (χ2n) is 5.53. The lowest BCUT2D eigenvalue weighted by Gasteiger charge is -2.18. The molecule has 0 fully saturated rings. The highest BCUT2D eigenvalue weighted by Gasteiger charge is 2.19. The van der Waals surface area contributed by atoms with Crippen LogP contribution in [0.2, 0.25) is 0 Å². The van der Waals surface area contributed by atoms with E-state index in [0.717, 1.165) is 16.8 Å². The molecule has 0 bridgehead atoms. The highest BCUT2D eigenvalue weighted by atomic mass is 16.6. The highest BCUT2D eigenvalue weighted by molar-refractivity contribution is 5.94. The molecule has 0 amide bonds. The minimum Gasteiger partial charge on any atom is -0.456 e. The van der Waals surface area contributed by atoms with Gasteiger partial charge in [-0.15, -0.1) is 0 Å². The molecule has 1 N–H and O–H groups in total. The number of fused-ring (bicyclic) bond motifs is 1. The van der Waals surface area contributed by atoms with E-state index in [2.05, 4.69) is 5.32 Å². The Hall–Kier alpha value is -2.03. The normalized spacial score (nSPS) is 11.4. The van der Waals surface area contributed by atoms with Gasteiger partial charge in [-0.1, -0.05) is 12.1 Å². The molecule has 0 radical (unpaired) electrons. The zero-order chi connectivity index (χ0) is 14.0. The number of rotatable bonds is 2. The number of nitrogens with one attached hydrogen (secondary N) is 1. The summed E-state index contributed by atoms with van der Waals surface area (Å²) < 4.78 is 5.37. The van der Waals surface area contributed by atoms with Crippen LogP contribution in [0.3, 0.4) is 0 Å². The Morgan fingerprint density at radius 2 is 1.58 bits per heavy atom. The molecule has 0 atom stereocenters. The van der Waals surface area contributed by atoms with Gasteiger partial charge in [-0.2, -0.15) is 0 Å². The van der Waals surface area contributed by atoms with Crippen molar-refractivity contribution in [1.82, 2.24) is 0 Å². The van der Waals surface area contributed by atoms with Crippen molar-refractivity contribution in [2.75, 3.05) is 12.4 Å². The van der Waals surface area contributed by atoms with Gasteiger partial charge in [-0.3, -0.25) is 0 Å². The third-order valence-corrected chi connectivity index (χ3v) is 2.76. The van der Waals surface area contributed by atoms with Crippen molar-refractivity contribution in [1.29, 1.82) is 0 Å². The molecule has 0 aromatic carbocycles. The van der Waals surface area contributed by atoms with Crippen molar-refractivity contribution in [2.24, 2.45) is 0 Å². The summed E-state index contributed by atoms with van der Waals surface area (Å²) in [5.74, 6) is -0.278. The van der Waals surface area contributed by atoms with E-state index in [0.29, 0.717) is 5.56 Å². The molecule has 0 spiro atoms. The average Bonchev–Trinajstić information content (AvgIpc) is 2.62. The fourth-order valence-electron chi connectivity index (χ4n) is 1.87. The number of anilines is 1. The van der Waals surface area contributed by atoms with Crippen LogP contribution in [0.4, 0.5) is 5.69 Å². The largest absolute Gasteiger partial charge is 0.456 e. The highest BCUT2D eigenvalue weighted by Crippen LogP contribution is 2.27. The summed E-state index contributed by atoms with van der Waals surface area (Å²) in [6.07, 6.45) is 0. The molecule has 0 unspecified atom stereocenters. The number of hydrogen-bond acceptors (Lipinski definition) is 3. The van der Waals surface area contributed by atoms with Gasteiger partial charge >= 0.3 is 5.97 Å². The lowest BCUT2D eigenvalue weighted by atomic mass is 10.2. The molecule has 100 valence electrons. The molecular formula is C16H19NO2. The Morgan fingerprint density at radius 1 is 1.05 bits per heavy atom. The maximum atomic E-state index is 12.0. The van der Waals surface area contributed by atoms with Crippen LogP contribution < -0.4 is 5.32 Å². The summed E-state index contributed by atoms with van der Waals surface area (Å²) in [4.78, 5) is 12.0. The lowest BCUT2D eigenvalue weighted by Crippen LogP contribution is -2.23. The van der Waals surface area contributed by atoms with E-state index in [4.69, 9.17) is 4.74 Å². The maximum absolute atomic E-state index is 12.0. The SMILES string of the molecule is CNc1ccc2cc(C(=O)OC(C)(C)C)cc-2cc1. The van der Waals surface area contributed by atoms with Gasteiger partial charge in [0.05, 0.1) is 5.56 Å². The Kier molecular flexibility index (Phi) is 3.47. The van der Waals surface area contributed by atoms with Crippen LogP contribution in [0.1, 0.15) is 31.1 Å². The third-order valence-electron chi connectivity index (χ3n) is 2.76. The van der Waals surface area contributed by atoms with Crippen LogP contribution in [0, 0.1) is 0 Å². The van der Waals surface area contributed by atoms with E-state index in [-0.39, 0.29) is 5.97 Å². The number of carbonyl (C=O) groups is 1. The maximum Gasteiger partial charge on any atom is 0.338 e. The van der Waals surface area contributed by atoms with E-state index in [1.54, 1.807) is 0 Å². The summed E-state index contributed by atoms with van der Waals surface area (Å²) >= 11 is 0. The lowest BCUT2D eigenvalue weighted by molar-refractivity contribution is 0.00701. The number of esters is 1. The quantitative estimate of drug-likeness (QED) is 0.832. The molecule has 0 saturated heterocycles. The molecule has 0 aromatic heterocycles. The Bertz CT molecular complexity index is 536. The van der Waals surface area contributed by atoms with Crippen molar-refractivity contribution >= 4 is 11.7 Å². The standard InChI is InChI=1S/C16H19NO2/c1-16(2,3)19-15(18)13-9-11-5-7-14(17-4)8-6-12(11)10-13/h5-10,17H,1-4H3. The van der Waals surface area contributed by atoms with E-state index >= 15 is 0 Å². The Morgan fingerprint density at radius 3 is 2.00 bits per heavy atom. The van der Waals surface area contributed by atoms with E-state index in [1.807, 2.05) is 64.2 Å². The van der Waals surface area contributed by atoms with Gasteiger partial charge in [0, 0.05) is 12.7 Å². The third kappa shape index (κ3) is 3.25. The zero-order valence-corrected chi connectivity index (χ0v) is 11.8. The number of carbonyl (C=O) groups excluding carboxylic acids is 1. The molecule has 0 saturated carbocycles. The summed E-state index contributed by atoms with van der Waals surface area (Å²) in [5, 5.41) is 3.09. The predicted molar refractivity (Wildman–Crippen MR) is 77.8 cm³/mol. The molecule has 2 aliphatic rings. The van der Waals surface area contributed by atoms with Gasteiger partial charge in [-0.25, -0.2) is 4.79 Å². The molecule has 0 aromatic rings.